The molecule has 1 aliphatic rings. The average Bonchev–Trinajstić information content (AvgIpc) is 2.97. The minimum Gasteiger partial charge on any atom is -1.00 e. The van der Waals surface area contributed by atoms with E-state index in [1.807, 2.05) is 12.1 Å². The number of aromatic hydroxyl groups is 1. The maximum atomic E-state index is 9.85. The van der Waals surface area contributed by atoms with Crippen molar-refractivity contribution in [3.63, 3.8) is 0 Å². The number of nitrogens with zero attached hydrogens (tertiary/aromatic N) is 2. The first-order valence-corrected chi connectivity index (χ1v) is 9.85. The molecule has 3 nitrogen and oxygen atoms in total. The smallest absolute Gasteiger partial charge is 0.212 e. The van der Waals surface area contributed by atoms with E-state index in [0.717, 1.165) is 18.8 Å². The highest BCUT2D eigenvalue weighted by atomic mass is 127. The highest BCUT2D eigenvalue weighted by Crippen LogP contribution is 2.47. The van der Waals surface area contributed by atoms with E-state index in [4.69, 9.17) is 0 Å². The summed E-state index contributed by atoms with van der Waals surface area (Å²) in [4.78, 5) is 3.45. The average molecular weight is 490 g/mol. The molecule has 0 aliphatic carbocycles. The van der Waals surface area contributed by atoms with Gasteiger partial charge in [0.05, 0.1) is 10.7 Å². The highest BCUT2D eigenvalue weighted by molar-refractivity contribution is 8.03. The lowest BCUT2D eigenvalue weighted by molar-refractivity contribution is -0.669. The van der Waals surface area contributed by atoms with Crippen LogP contribution in [0.3, 0.4) is 0 Å². The van der Waals surface area contributed by atoms with E-state index >= 15 is 0 Å². The number of phenols is 1. The number of hydrogen-bond acceptors (Lipinski definition) is 3. The van der Waals surface area contributed by atoms with Crippen LogP contribution in [0.1, 0.15) is 25.1 Å². The van der Waals surface area contributed by atoms with Gasteiger partial charge in [-0.05, 0) is 45.0 Å². The molecule has 3 aromatic rings. The Morgan fingerprint density at radius 2 is 1.89 bits per heavy atom. The molecule has 0 atom stereocenters. The zero-order valence-corrected chi connectivity index (χ0v) is 18.7. The lowest BCUT2D eigenvalue weighted by Crippen LogP contribution is -3.00. The van der Waals surface area contributed by atoms with Gasteiger partial charge in [-0.15, -0.1) is 0 Å². The Morgan fingerprint density at radius 1 is 1.07 bits per heavy atom. The van der Waals surface area contributed by atoms with Crippen molar-refractivity contribution in [3.05, 3.63) is 64.8 Å². The second-order valence-electron chi connectivity index (χ2n) is 6.55. The summed E-state index contributed by atoms with van der Waals surface area (Å²) in [5.41, 5.74) is 4.82. The Hall–Kier alpha value is -1.73. The Balaban J connectivity index is 0.00000210. The molecule has 2 heterocycles. The Bertz CT molecular complexity index is 1030. The predicted octanol–water partition coefficient (Wildman–Crippen LogP) is 2.10. The molecular weight excluding hydrogens is 467 g/mol. The number of pyridine rings is 1. The second kappa shape index (κ2) is 8.10. The second-order valence-corrected chi connectivity index (χ2v) is 7.61. The first-order chi connectivity index (χ1) is 12.6. The summed E-state index contributed by atoms with van der Waals surface area (Å²) in [5, 5.41) is 12.3. The Morgan fingerprint density at radius 3 is 2.63 bits per heavy atom. The summed E-state index contributed by atoms with van der Waals surface area (Å²) in [6.45, 7) is 8.25. The Kier molecular flexibility index (Phi) is 6.01. The molecule has 0 saturated carbocycles. The van der Waals surface area contributed by atoms with Gasteiger partial charge in [0.15, 0.2) is 0 Å². The van der Waals surface area contributed by atoms with Crippen molar-refractivity contribution in [2.24, 2.45) is 0 Å². The molecule has 4 rings (SSSR count). The van der Waals surface area contributed by atoms with Crippen LogP contribution in [0.25, 0.3) is 17.0 Å². The number of thioether (sulfide) groups is 1. The van der Waals surface area contributed by atoms with Crippen LogP contribution in [0.5, 0.6) is 5.75 Å². The third kappa shape index (κ3) is 3.67. The largest absolute Gasteiger partial charge is 1.00 e. The quantitative estimate of drug-likeness (QED) is 0.450. The number of halogens is 1. The summed E-state index contributed by atoms with van der Waals surface area (Å²) in [6.07, 6.45) is 2.26. The first kappa shape index (κ1) is 20.0. The van der Waals surface area contributed by atoms with Crippen LogP contribution in [0.4, 0.5) is 5.69 Å². The van der Waals surface area contributed by atoms with Crippen molar-refractivity contribution in [3.8, 4) is 5.75 Å². The van der Waals surface area contributed by atoms with Crippen LogP contribution in [-0.4, -0.2) is 11.7 Å². The molecule has 1 N–H and O–H groups in total. The van der Waals surface area contributed by atoms with Gasteiger partial charge in [-0.1, -0.05) is 23.4 Å². The van der Waals surface area contributed by atoms with Gasteiger partial charge in [0.25, 0.3) is 0 Å². The van der Waals surface area contributed by atoms with Crippen molar-refractivity contribution in [1.82, 2.24) is 0 Å². The van der Waals surface area contributed by atoms with Crippen LogP contribution in [0.15, 0.2) is 58.5 Å². The van der Waals surface area contributed by atoms with Gasteiger partial charge >= 0.3 is 0 Å². The van der Waals surface area contributed by atoms with Gasteiger partial charge in [0, 0.05) is 41.1 Å². The number of phenolic OH excluding ortho intramolecular Hbond substituents is 1. The molecule has 27 heavy (non-hydrogen) atoms. The van der Waals surface area contributed by atoms with Gasteiger partial charge < -0.3 is 34.0 Å². The summed E-state index contributed by atoms with van der Waals surface area (Å²) in [6, 6.07) is 16.6. The summed E-state index contributed by atoms with van der Waals surface area (Å²) >= 11 is 1.76. The number of anilines is 1. The topological polar surface area (TPSA) is 27.4 Å². The summed E-state index contributed by atoms with van der Waals surface area (Å²) in [5.74, 6) is 0.314. The van der Waals surface area contributed by atoms with Gasteiger partial charge in [-0.25, -0.2) is 0 Å². The standard InChI is InChI=1S/C22H22N2OS.HI/c1-4-23-17(8-7-16-12-15(3)6-10-19(16)23)13-22-24(5-2)20-14-18(25)9-11-21(20)26-22;/h6-14H,4-5H2,1-3H3;1H. The molecule has 0 saturated heterocycles. The fourth-order valence-electron chi connectivity index (χ4n) is 3.59. The molecule has 2 aromatic carbocycles. The van der Waals surface area contributed by atoms with Crippen LogP contribution in [-0.2, 0) is 6.54 Å². The van der Waals surface area contributed by atoms with Gasteiger partial charge in [0.1, 0.15) is 12.3 Å². The lowest BCUT2D eigenvalue weighted by atomic mass is 10.1. The molecule has 0 radical (unpaired) electrons. The number of fused-ring (bicyclic) bond motifs is 2. The zero-order chi connectivity index (χ0) is 18.3. The van der Waals surface area contributed by atoms with Crippen LogP contribution in [0.2, 0.25) is 0 Å². The molecule has 0 fully saturated rings. The van der Waals surface area contributed by atoms with E-state index in [-0.39, 0.29) is 24.0 Å². The van der Waals surface area contributed by atoms with E-state index in [1.54, 1.807) is 17.8 Å². The predicted molar refractivity (Wildman–Crippen MR) is 110 cm³/mol. The van der Waals surface area contributed by atoms with Crippen molar-refractivity contribution in [2.45, 2.75) is 32.2 Å². The van der Waals surface area contributed by atoms with Crippen molar-refractivity contribution >= 4 is 34.4 Å². The van der Waals surface area contributed by atoms with E-state index < -0.39 is 0 Å². The summed E-state index contributed by atoms with van der Waals surface area (Å²) in [7, 11) is 0. The van der Waals surface area contributed by atoms with Crippen LogP contribution >= 0.6 is 11.8 Å². The highest BCUT2D eigenvalue weighted by Gasteiger charge is 2.26. The minimum absolute atomic E-state index is 0. The molecule has 5 heteroatoms. The third-order valence-electron chi connectivity index (χ3n) is 4.84. The number of rotatable bonds is 3. The molecular formula is C22H23IN2OS. The van der Waals surface area contributed by atoms with Gasteiger partial charge in [-0.3, -0.25) is 0 Å². The molecule has 0 bridgehead atoms. The van der Waals surface area contributed by atoms with Gasteiger partial charge in [0.2, 0.25) is 11.2 Å². The maximum absolute atomic E-state index is 9.85. The number of aryl methyl sites for hydroxylation is 2. The van der Waals surface area contributed by atoms with E-state index in [1.165, 1.54) is 32.1 Å². The fourth-order valence-corrected chi connectivity index (χ4v) is 4.74. The molecule has 140 valence electrons. The molecule has 1 aromatic heterocycles. The van der Waals surface area contributed by atoms with E-state index in [2.05, 4.69) is 66.6 Å². The number of hydrogen-bond donors (Lipinski definition) is 1. The normalized spacial score (nSPS) is 14.5. The van der Waals surface area contributed by atoms with Crippen molar-refractivity contribution < 1.29 is 33.7 Å². The molecule has 0 spiro atoms. The monoisotopic (exact) mass is 490 g/mol. The van der Waals surface area contributed by atoms with Crippen molar-refractivity contribution in [1.29, 1.82) is 0 Å². The van der Waals surface area contributed by atoms with E-state index in [0.29, 0.717) is 5.75 Å². The van der Waals surface area contributed by atoms with Crippen LogP contribution in [0, 0.1) is 6.92 Å². The fraction of sp³-hybridized carbons (Fsp3) is 0.227. The molecule has 0 amide bonds. The minimum atomic E-state index is 0. The zero-order valence-electron chi connectivity index (χ0n) is 15.7. The van der Waals surface area contributed by atoms with E-state index in [9.17, 15) is 5.11 Å². The molecule has 0 unspecified atom stereocenters. The number of benzene rings is 2. The molecule has 1 aliphatic heterocycles. The maximum Gasteiger partial charge on any atom is 0.212 e. The Labute approximate surface area is 181 Å². The first-order valence-electron chi connectivity index (χ1n) is 9.04. The van der Waals surface area contributed by atoms with Crippen LogP contribution < -0.4 is 33.4 Å². The number of aromatic nitrogens is 1. The third-order valence-corrected chi connectivity index (χ3v) is 5.95. The SMILES string of the molecule is CCN1/C(=C/c2ccc3cc(C)ccc3[n+]2CC)Sc2ccc(O)cc21.[I-]. The van der Waals surface area contributed by atoms with Gasteiger partial charge in [-0.2, -0.15) is 4.57 Å². The summed E-state index contributed by atoms with van der Waals surface area (Å²) < 4.78 is 2.36. The van der Waals surface area contributed by atoms with Crippen molar-refractivity contribution in [2.75, 3.05) is 11.4 Å². The lowest BCUT2D eigenvalue weighted by Gasteiger charge is -2.17.